The first-order valence-electron chi connectivity index (χ1n) is 6.76. The lowest BCUT2D eigenvalue weighted by molar-refractivity contribution is 0.199. The van der Waals surface area contributed by atoms with Crippen molar-refractivity contribution in [1.82, 2.24) is 0 Å². The minimum Gasteiger partial charge on any atom is -0.389 e. The summed E-state index contributed by atoms with van der Waals surface area (Å²) in [7, 11) is 1.94. The molecule has 2 rings (SSSR count). The molecule has 0 spiro atoms. The van der Waals surface area contributed by atoms with E-state index < -0.39 is 6.10 Å². The van der Waals surface area contributed by atoms with Crippen molar-refractivity contribution >= 4 is 5.69 Å². The van der Waals surface area contributed by atoms with Crippen LogP contribution in [-0.4, -0.2) is 18.7 Å². The second-order valence-corrected chi connectivity index (χ2v) is 5.42. The standard InChI is InChI=1S/C15H22FNO/c1-11(18)13-7-8-15(14(16)9-13)17(2)10-12-5-3-4-6-12/h7-9,11-12,18H,3-6,10H2,1-2H3. The first-order valence-corrected chi connectivity index (χ1v) is 6.76. The number of aliphatic hydroxyl groups is 1. The van der Waals surface area contributed by atoms with Crippen LogP contribution in [0.2, 0.25) is 0 Å². The van der Waals surface area contributed by atoms with Gasteiger partial charge in [-0.1, -0.05) is 18.9 Å². The highest BCUT2D eigenvalue weighted by Crippen LogP contribution is 2.28. The summed E-state index contributed by atoms with van der Waals surface area (Å²) in [4.78, 5) is 2.00. The Kier molecular flexibility index (Phi) is 4.23. The molecule has 1 aromatic rings. The lowest BCUT2D eigenvalue weighted by Crippen LogP contribution is -2.24. The predicted octanol–water partition coefficient (Wildman–Crippen LogP) is 3.51. The van der Waals surface area contributed by atoms with E-state index in [1.54, 1.807) is 19.1 Å². The van der Waals surface area contributed by atoms with Crippen molar-refractivity contribution in [2.75, 3.05) is 18.5 Å². The highest BCUT2D eigenvalue weighted by Gasteiger charge is 2.18. The molecule has 2 nitrogen and oxygen atoms in total. The van der Waals surface area contributed by atoms with Crippen LogP contribution >= 0.6 is 0 Å². The number of aliphatic hydroxyl groups excluding tert-OH is 1. The molecule has 1 aliphatic rings. The van der Waals surface area contributed by atoms with Crippen LogP contribution in [0.15, 0.2) is 18.2 Å². The molecule has 0 aromatic heterocycles. The average Bonchev–Trinajstić information content (AvgIpc) is 2.81. The van der Waals surface area contributed by atoms with Crippen LogP contribution in [0.5, 0.6) is 0 Å². The summed E-state index contributed by atoms with van der Waals surface area (Å²) in [6.07, 6.45) is 4.52. The average molecular weight is 251 g/mol. The van der Waals surface area contributed by atoms with E-state index in [4.69, 9.17) is 0 Å². The van der Waals surface area contributed by atoms with E-state index in [1.807, 2.05) is 11.9 Å². The molecule has 1 aromatic carbocycles. The maximum atomic E-state index is 14.0. The van der Waals surface area contributed by atoms with E-state index in [9.17, 15) is 9.50 Å². The zero-order valence-corrected chi connectivity index (χ0v) is 11.2. The molecule has 0 saturated heterocycles. The van der Waals surface area contributed by atoms with Crippen LogP contribution in [-0.2, 0) is 0 Å². The van der Waals surface area contributed by atoms with Gasteiger partial charge in [0.2, 0.25) is 0 Å². The van der Waals surface area contributed by atoms with Gasteiger partial charge in [-0.3, -0.25) is 0 Å². The van der Waals surface area contributed by atoms with Crippen molar-refractivity contribution in [2.45, 2.75) is 38.7 Å². The molecule has 0 amide bonds. The van der Waals surface area contributed by atoms with Gasteiger partial charge in [0.05, 0.1) is 11.8 Å². The molecule has 1 atom stereocenters. The van der Waals surface area contributed by atoms with Crippen LogP contribution in [0.1, 0.15) is 44.3 Å². The topological polar surface area (TPSA) is 23.5 Å². The number of hydrogen-bond acceptors (Lipinski definition) is 2. The van der Waals surface area contributed by atoms with Crippen molar-refractivity contribution in [3.63, 3.8) is 0 Å². The highest BCUT2D eigenvalue weighted by molar-refractivity contribution is 5.48. The Bertz CT molecular complexity index is 399. The molecule has 18 heavy (non-hydrogen) atoms. The summed E-state index contributed by atoms with van der Waals surface area (Å²) in [6.45, 7) is 2.57. The SMILES string of the molecule is CC(O)c1ccc(N(C)CC2CCCC2)c(F)c1. The van der Waals surface area contributed by atoms with Gasteiger partial charge in [0.1, 0.15) is 5.82 Å². The van der Waals surface area contributed by atoms with Gasteiger partial charge in [-0.25, -0.2) is 4.39 Å². The molecule has 100 valence electrons. The molecule has 1 aliphatic carbocycles. The monoisotopic (exact) mass is 251 g/mol. The van der Waals surface area contributed by atoms with Gasteiger partial charge in [0.15, 0.2) is 0 Å². The number of benzene rings is 1. The van der Waals surface area contributed by atoms with Crippen molar-refractivity contribution in [2.24, 2.45) is 5.92 Å². The Morgan fingerprint density at radius 2 is 2.06 bits per heavy atom. The first kappa shape index (κ1) is 13.3. The van der Waals surface area contributed by atoms with Gasteiger partial charge in [0, 0.05) is 13.6 Å². The zero-order valence-electron chi connectivity index (χ0n) is 11.2. The van der Waals surface area contributed by atoms with Gasteiger partial charge < -0.3 is 10.0 Å². The second-order valence-electron chi connectivity index (χ2n) is 5.42. The Balaban J connectivity index is 2.07. The second kappa shape index (κ2) is 5.70. The highest BCUT2D eigenvalue weighted by atomic mass is 19.1. The maximum Gasteiger partial charge on any atom is 0.146 e. The Hall–Kier alpha value is -1.09. The van der Waals surface area contributed by atoms with Gasteiger partial charge in [-0.2, -0.15) is 0 Å². The summed E-state index contributed by atoms with van der Waals surface area (Å²) in [5, 5.41) is 9.43. The summed E-state index contributed by atoms with van der Waals surface area (Å²) in [5.74, 6) is 0.458. The largest absolute Gasteiger partial charge is 0.389 e. The van der Waals surface area contributed by atoms with E-state index in [1.165, 1.54) is 31.7 Å². The number of rotatable bonds is 4. The molecule has 1 unspecified atom stereocenters. The Morgan fingerprint density at radius 1 is 1.39 bits per heavy atom. The van der Waals surface area contributed by atoms with Crippen molar-refractivity contribution in [3.8, 4) is 0 Å². The number of anilines is 1. The smallest absolute Gasteiger partial charge is 0.146 e. The number of hydrogen-bond donors (Lipinski definition) is 1. The van der Waals surface area contributed by atoms with Crippen LogP contribution < -0.4 is 4.90 Å². The zero-order chi connectivity index (χ0) is 13.1. The Labute approximate surface area is 108 Å². The van der Waals surface area contributed by atoms with E-state index >= 15 is 0 Å². The fourth-order valence-corrected chi connectivity index (χ4v) is 2.77. The molecule has 0 heterocycles. The van der Waals surface area contributed by atoms with Gasteiger partial charge in [-0.15, -0.1) is 0 Å². The van der Waals surface area contributed by atoms with E-state index in [-0.39, 0.29) is 5.82 Å². The Morgan fingerprint density at radius 3 is 2.61 bits per heavy atom. The fraction of sp³-hybridized carbons (Fsp3) is 0.600. The molecular weight excluding hydrogens is 229 g/mol. The fourth-order valence-electron chi connectivity index (χ4n) is 2.77. The minimum absolute atomic E-state index is 0.242. The van der Waals surface area contributed by atoms with Crippen molar-refractivity contribution < 1.29 is 9.50 Å². The van der Waals surface area contributed by atoms with Gasteiger partial charge in [0.25, 0.3) is 0 Å². The van der Waals surface area contributed by atoms with Crippen LogP contribution in [0.25, 0.3) is 0 Å². The van der Waals surface area contributed by atoms with E-state index in [2.05, 4.69) is 0 Å². The maximum absolute atomic E-state index is 14.0. The first-order chi connectivity index (χ1) is 8.58. The van der Waals surface area contributed by atoms with Crippen LogP contribution in [0, 0.1) is 11.7 Å². The van der Waals surface area contributed by atoms with Gasteiger partial charge in [-0.05, 0) is 43.4 Å². The molecular formula is C15H22FNO. The van der Waals surface area contributed by atoms with Crippen molar-refractivity contribution in [1.29, 1.82) is 0 Å². The molecule has 0 aliphatic heterocycles. The molecule has 0 bridgehead atoms. The molecule has 1 N–H and O–H groups in total. The summed E-state index contributed by atoms with van der Waals surface area (Å²) >= 11 is 0. The molecule has 1 saturated carbocycles. The predicted molar refractivity (Wildman–Crippen MR) is 72.3 cm³/mol. The molecule has 3 heteroatoms. The summed E-state index contributed by atoms with van der Waals surface area (Å²) in [6, 6.07) is 5.01. The lowest BCUT2D eigenvalue weighted by Gasteiger charge is -2.24. The molecule has 0 radical (unpaired) electrons. The van der Waals surface area contributed by atoms with Gasteiger partial charge >= 0.3 is 0 Å². The number of halogens is 1. The van der Waals surface area contributed by atoms with E-state index in [0.29, 0.717) is 17.2 Å². The summed E-state index contributed by atoms with van der Waals surface area (Å²) in [5.41, 5.74) is 1.26. The normalized spacial score (nSPS) is 18.0. The molecule has 1 fully saturated rings. The van der Waals surface area contributed by atoms with E-state index in [0.717, 1.165) is 6.54 Å². The minimum atomic E-state index is -0.617. The van der Waals surface area contributed by atoms with Crippen LogP contribution in [0.4, 0.5) is 10.1 Å². The quantitative estimate of drug-likeness (QED) is 0.885. The lowest BCUT2D eigenvalue weighted by atomic mass is 10.1. The third-order valence-electron chi connectivity index (χ3n) is 3.87. The third-order valence-corrected chi connectivity index (χ3v) is 3.87. The number of nitrogens with zero attached hydrogens (tertiary/aromatic N) is 1. The third kappa shape index (κ3) is 3.02. The van der Waals surface area contributed by atoms with Crippen LogP contribution in [0.3, 0.4) is 0 Å². The summed E-state index contributed by atoms with van der Waals surface area (Å²) < 4.78 is 14.0. The van der Waals surface area contributed by atoms with Crippen molar-refractivity contribution in [3.05, 3.63) is 29.6 Å².